The molecular weight excluding hydrogens is 310 g/mol. The van der Waals surface area contributed by atoms with Crippen LogP contribution in [0.15, 0.2) is 52.5 Å². The van der Waals surface area contributed by atoms with Crippen molar-refractivity contribution in [1.82, 2.24) is 4.98 Å². The van der Waals surface area contributed by atoms with Crippen molar-refractivity contribution in [1.29, 1.82) is 0 Å². The van der Waals surface area contributed by atoms with Crippen molar-refractivity contribution in [3.05, 3.63) is 53.8 Å². The van der Waals surface area contributed by atoms with Gasteiger partial charge in [-0.25, -0.2) is 4.98 Å². The number of nitrogens with one attached hydrogen (secondary N) is 2. The molecule has 118 valence electrons. The summed E-state index contributed by atoms with van der Waals surface area (Å²) >= 11 is 1.55. The molecule has 1 aromatic carbocycles. The molecule has 2 aromatic heterocycles. The van der Waals surface area contributed by atoms with E-state index in [0.29, 0.717) is 13.0 Å². The van der Waals surface area contributed by atoms with Crippen LogP contribution in [-0.4, -0.2) is 10.9 Å². The van der Waals surface area contributed by atoms with E-state index in [-0.39, 0.29) is 5.91 Å². The van der Waals surface area contributed by atoms with E-state index in [1.54, 1.807) is 17.6 Å². The zero-order valence-corrected chi connectivity index (χ0v) is 13.5. The van der Waals surface area contributed by atoms with Gasteiger partial charge in [-0.05, 0) is 24.3 Å². The van der Waals surface area contributed by atoms with E-state index < -0.39 is 0 Å². The highest BCUT2D eigenvalue weighted by molar-refractivity contribution is 7.14. The standard InChI is InChI=1S/C17H17N3O2S/c1-2-16(21)19-13-7-5-12(6-8-13)15-11-23-17(20-15)18-10-14-4-3-9-22-14/h3-9,11H,2,10H2,1H3,(H,18,20)(H,19,21). The zero-order chi connectivity index (χ0) is 16.1. The number of furan rings is 1. The minimum atomic E-state index is 0.0100. The van der Waals surface area contributed by atoms with Gasteiger partial charge in [0.05, 0.1) is 18.5 Å². The molecule has 0 fully saturated rings. The molecule has 1 amide bonds. The highest BCUT2D eigenvalue weighted by Gasteiger charge is 2.06. The molecule has 3 rings (SSSR count). The smallest absolute Gasteiger partial charge is 0.224 e. The van der Waals surface area contributed by atoms with Crippen LogP contribution in [0.1, 0.15) is 19.1 Å². The van der Waals surface area contributed by atoms with E-state index >= 15 is 0 Å². The van der Waals surface area contributed by atoms with Crippen molar-refractivity contribution in [3.63, 3.8) is 0 Å². The number of hydrogen-bond acceptors (Lipinski definition) is 5. The first-order chi connectivity index (χ1) is 11.2. The van der Waals surface area contributed by atoms with Gasteiger partial charge in [0.15, 0.2) is 5.13 Å². The first-order valence-electron chi connectivity index (χ1n) is 7.36. The Kier molecular flexibility index (Phi) is 4.73. The van der Waals surface area contributed by atoms with Gasteiger partial charge in [-0.1, -0.05) is 19.1 Å². The summed E-state index contributed by atoms with van der Waals surface area (Å²) in [6.45, 7) is 2.44. The lowest BCUT2D eigenvalue weighted by Crippen LogP contribution is -2.08. The molecule has 2 N–H and O–H groups in total. The van der Waals surface area contributed by atoms with Crippen LogP contribution in [0.25, 0.3) is 11.3 Å². The SMILES string of the molecule is CCC(=O)Nc1ccc(-c2csc(NCc3ccco3)n2)cc1. The average molecular weight is 327 g/mol. The fraction of sp³-hybridized carbons (Fsp3) is 0.176. The van der Waals surface area contributed by atoms with Crippen molar-refractivity contribution in [2.24, 2.45) is 0 Å². The largest absolute Gasteiger partial charge is 0.467 e. The summed E-state index contributed by atoms with van der Waals surface area (Å²) in [5, 5.41) is 8.92. The van der Waals surface area contributed by atoms with Crippen LogP contribution in [0.3, 0.4) is 0 Å². The normalized spacial score (nSPS) is 10.5. The van der Waals surface area contributed by atoms with Crippen molar-refractivity contribution in [2.75, 3.05) is 10.6 Å². The van der Waals surface area contributed by atoms with Gasteiger partial charge < -0.3 is 15.1 Å². The Morgan fingerprint density at radius 2 is 2.09 bits per heavy atom. The molecular formula is C17H17N3O2S. The first-order valence-corrected chi connectivity index (χ1v) is 8.24. The summed E-state index contributed by atoms with van der Waals surface area (Å²) in [5.74, 6) is 0.883. The third-order valence-corrected chi connectivity index (χ3v) is 4.08. The molecule has 23 heavy (non-hydrogen) atoms. The maximum atomic E-state index is 11.4. The summed E-state index contributed by atoms with van der Waals surface area (Å²) in [6.07, 6.45) is 2.13. The van der Waals surface area contributed by atoms with Crippen molar-refractivity contribution >= 4 is 28.1 Å². The number of nitrogens with zero attached hydrogens (tertiary/aromatic N) is 1. The van der Waals surface area contributed by atoms with Gasteiger partial charge in [0.1, 0.15) is 5.76 Å². The molecule has 0 atom stereocenters. The minimum absolute atomic E-state index is 0.0100. The fourth-order valence-corrected chi connectivity index (χ4v) is 2.76. The van der Waals surface area contributed by atoms with Gasteiger partial charge in [0, 0.05) is 23.1 Å². The van der Waals surface area contributed by atoms with E-state index in [9.17, 15) is 4.79 Å². The molecule has 0 aliphatic heterocycles. The molecule has 0 unspecified atom stereocenters. The van der Waals surface area contributed by atoms with E-state index in [4.69, 9.17) is 4.42 Å². The highest BCUT2D eigenvalue weighted by Crippen LogP contribution is 2.26. The molecule has 5 nitrogen and oxygen atoms in total. The number of thiazole rings is 1. The van der Waals surface area contributed by atoms with Crippen LogP contribution in [0.2, 0.25) is 0 Å². The van der Waals surface area contributed by atoms with Gasteiger partial charge in [-0.3, -0.25) is 4.79 Å². The van der Waals surface area contributed by atoms with Crippen LogP contribution >= 0.6 is 11.3 Å². The number of anilines is 2. The first kappa shape index (κ1) is 15.3. The topological polar surface area (TPSA) is 67.2 Å². The average Bonchev–Trinajstić information content (AvgIpc) is 3.25. The summed E-state index contributed by atoms with van der Waals surface area (Å²) in [4.78, 5) is 15.9. The van der Waals surface area contributed by atoms with E-state index in [0.717, 1.165) is 27.8 Å². The third kappa shape index (κ3) is 3.98. The quantitative estimate of drug-likeness (QED) is 0.706. The number of hydrogen-bond donors (Lipinski definition) is 2. The minimum Gasteiger partial charge on any atom is -0.467 e. The number of rotatable bonds is 6. The van der Waals surface area contributed by atoms with E-state index in [1.807, 2.05) is 48.7 Å². The monoisotopic (exact) mass is 327 g/mol. The Labute approximate surface area is 138 Å². The molecule has 0 radical (unpaired) electrons. The number of aromatic nitrogens is 1. The predicted octanol–water partition coefficient (Wildman–Crippen LogP) is 4.36. The predicted molar refractivity (Wildman–Crippen MR) is 92.5 cm³/mol. The highest BCUT2D eigenvalue weighted by atomic mass is 32.1. The Hall–Kier alpha value is -2.60. The van der Waals surface area contributed by atoms with E-state index in [1.165, 1.54) is 0 Å². The number of benzene rings is 1. The molecule has 0 bridgehead atoms. The third-order valence-electron chi connectivity index (χ3n) is 3.28. The second kappa shape index (κ2) is 7.11. The van der Waals surface area contributed by atoms with Gasteiger partial charge in [0.2, 0.25) is 5.91 Å². The lowest BCUT2D eigenvalue weighted by molar-refractivity contribution is -0.115. The van der Waals surface area contributed by atoms with Crippen LogP contribution in [0.5, 0.6) is 0 Å². The van der Waals surface area contributed by atoms with Gasteiger partial charge >= 0.3 is 0 Å². The maximum Gasteiger partial charge on any atom is 0.224 e. The molecule has 0 spiro atoms. The number of amides is 1. The lowest BCUT2D eigenvalue weighted by Gasteiger charge is -2.04. The summed E-state index contributed by atoms with van der Waals surface area (Å²) in [6, 6.07) is 11.5. The van der Waals surface area contributed by atoms with Crippen LogP contribution in [0.4, 0.5) is 10.8 Å². The van der Waals surface area contributed by atoms with Crippen molar-refractivity contribution in [3.8, 4) is 11.3 Å². The van der Waals surface area contributed by atoms with Gasteiger partial charge in [-0.2, -0.15) is 0 Å². The molecule has 6 heteroatoms. The van der Waals surface area contributed by atoms with Crippen LogP contribution < -0.4 is 10.6 Å². The molecule has 0 saturated heterocycles. The zero-order valence-electron chi connectivity index (χ0n) is 12.7. The second-order valence-electron chi connectivity index (χ2n) is 4.95. The Balaban J connectivity index is 1.64. The summed E-state index contributed by atoms with van der Waals surface area (Å²) < 4.78 is 5.28. The molecule has 0 saturated carbocycles. The summed E-state index contributed by atoms with van der Waals surface area (Å²) in [5.41, 5.74) is 2.72. The Morgan fingerprint density at radius 3 is 2.78 bits per heavy atom. The Morgan fingerprint density at radius 1 is 1.26 bits per heavy atom. The summed E-state index contributed by atoms with van der Waals surface area (Å²) in [7, 11) is 0. The molecule has 0 aliphatic rings. The number of carbonyl (C=O) groups excluding carboxylic acids is 1. The van der Waals surface area contributed by atoms with Crippen LogP contribution in [-0.2, 0) is 11.3 Å². The number of carbonyl (C=O) groups is 1. The Bertz CT molecular complexity index is 764. The van der Waals surface area contributed by atoms with Crippen molar-refractivity contribution in [2.45, 2.75) is 19.9 Å². The van der Waals surface area contributed by atoms with E-state index in [2.05, 4.69) is 15.6 Å². The second-order valence-corrected chi connectivity index (χ2v) is 5.81. The molecule has 2 heterocycles. The molecule has 0 aliphatic carbocycles. The fourth-order valence-electron chi connectivity index (χ4n) is 2.04. The lowest BCUT2D eigenvalue weighted by atomic mass is 10.1. The maximum absolute atomic E-state index is 11.4. The van der Waals surface area contributed by atoms with Crippen LogP contribution in [0, 0.1) is 0 Å². The van der Waals surface area contributed by atoms with Gasteiger partial charge in [0.25, 0.3) is 0 Å². The molecule has 3 aromatic rings. The van der Waals surface area contributed by atoms with Gasteiger partial charge in [-0.15, -0.1) is 11.3 Å². The van der Waals surface area contributed by atoms with Crippen molar-refractivity contribution < 1.29 is 9.21 Å².